The van der Waals surface area contributed by atoms with Crippen LogP contribution >= 0.6 is 7.60 Å². The van der Waals surface area contributed by atoms with Crippen molar-refractivity contribution in [3.63, 3.8) is 0 Å². The highest BCUT2D eigenvalue weighted by molar-refractivity contribution is 7.60. The number of benzene rings is 1. The molecule has 0 spiro atoms. The van der Waals surface area contributed by atoms with Crippen molar-refractivity contribution >= 4 is 12.9 Å². The predicted octanol–water partition coefficient (Wildman–Crippen LogP) is 1.32. The van der Waals surface area contributed by atoms with Crippen LogP contribution in [0.15, 0.2) is 12.1 Å². The quantitative estimate of drug-likeness (QED) is 0.684. The molecule has 0 heterocycles. The normalized spacial score (nSPS) is 11.7. The van der Waals surface area contributed by atoms with Gasteiger partial charge in [0.1, 0.15) is 5.75 Å². The zero-order chi connectivity index (χ0) is 11.6. The molecule has 0 aromatic heterocycles. The third-order valence-corrected chi connectivity index (χ3v) is 3.44. The van der Waals surface area contributed by atoms with Crippen molar-refractivity contribution in [3.05, 3.63) is 23.3 Å². The number of phenols is 1. The molecule has 0 radical (unpaired) electrons. The van der Waals surface area contributed by atoms with Gasteiger partial charge in [-0.15, -0.1) is 0 Å². The Kier molecular flexibility index (Phi) is 3.55. The zero-order valence-electron chi connectivity index (χ0n) is 8.77. The third kappa shape index (κ3) is 2.40. The van der Waals surface area contributed by atoms with Crippen LogP contribution in [0.2, 0.25) is 0 Å². The largest absolute Gasteiger partial charge is 0.507 e. The van der Waals surface area contributed by atoms with E-state index in [9.17, 15) is 9.67 Å². The summed E-state index contributed by atoms with van der Waals surface area (Å²) in [6, 6.07) is 2.96. The van der Waals surface area contributed by atoms with E-state index in [1.807, 2.05) is 6.92 Å². The molecule has 0 saturated carbocycles. The molecule has 0 bridgehead atoms. The van der Waals surface area contributed by atoms with Crippen LogP contribution in [-0.4, -0.2) is 14.9 Å². The fourth-order valence-corrected chi connectivity index (χ4v) is 2.47. The van der Waals surface area contributed by atoms with Crippen molar-refractivity contribution < 1.29 is 19.5 Å². The van der Waals surface area contributed by atoms with Crippen LogP contribution in [-0.2, 0) is 17.4 Å². The first-order chi connectivity index (χ1) is 6.91. The van der Waals surface area contributed by atoms with E-state index in [2.05, 4.69) is 0 Å². The molecule has 0 unspecified atom stereocenters. The first kappa shape index (κ1) is 12.2. The number of hydrogen-bond acceptors (Lipinski definition) is 2. The first-order valence-electron chi connectivity index (χ1n) is 4.81. The van der Waals surface area contributed by atoms with Crippen LogP contribution < -0.4 is 5.30 Å². The van der Waals surface area contributed by atoms with Crippen molar-refractivity contribution in [1.29, 1.82) is 0 Å². The van der Waals surface area contributed by atoms with Crippen LogP contribution in [0.3, 0.4) is 0 Å². The fraction of sp³-hybridized carbons (Fsp3) is 0.400. The Balaban J connectivity index is 3.44. The Hall–Kier alpha value is -0.830. The summed E-state index contributed by atoms with van der Waals surface area (Å²) in [5.74, 6) is 0.0147. The topological polar surface area (TPSA) is 77.8 Å². The lowest BCUT2D eigenvalue weighted by atomic mass is 10.1. The van der Waals surface area contributed by atoms with E-state index in [1.54, 1.807) is 13.0 Å². The maximum Gasteiger partial charge on any atom is 0.356 e. The van der Waals surface area contributed by atoms with E-state index in [4.69, 9.17) is 9.79 Å². The van der Waals surface area contributed by atoms with Gasteiger partial charge in [0, 0.05) is 5.56 Å². The SMILES string of the molecule is CCc1ccc(P(=O)(O)O)c(CC)c1O. The van der Waals surface area contributed by atoms with E-state index in [1.165, 1.54) is 6.07 Å². The molecule has 1 aromatic rings. The molecule has 1 aromatic carbocycles. The van der Waals surface area contributed by atoms with Crippen molar-refractivity contribution in [2.24, 2.45) is 0 Å². The highest BCUT2D eigenvalue weighted by Gasteiger charge is 2.23. The summed E-state index contributed by atoms with van der Waals surface area (Å²) in [4.78, 5) is 18.2. The summed E-state index contributed by atoms with van der Waals surface area (Å²) < 4.78 is 11.1. The molecular formula is C10H15O4P. The van der Waals surface area contributed by atoms with Gasteiger partial charge in [-0.05, 0) is 24.5 Å². The van der Waals surface area contributed by atoms with Gasteiger partial charge in [0.2, 0.25) is 0 Å². The number of aromatic hydroxyl groups is 1. The number of aryl methyl sites for hydroxylation is 1. The summed E-state index contributed by atoms with van der Waals surface area (Å²) >= 11 is 0. The summed E-state index contributed by atoms with van der Waals surface area (Å²) in [6.07, 6.45) is 1.04. The average molecular weight is 230 g/mol. The smallest absolute Gasteiger partial charge is 0.356 e. The summed E-state index contributed by atoms with van der Waals surface area (Å²) in [5, 5.41) is 9.72. The molecule has 0 amide bonds. The van der Waals surface area contributed by atoms with E-state index < -0.39 is 7.60 Å². The Morgan fingerprint density at radius 2 is 1.80 bits per heavy atom. The van der Waals surface area contributed by atoms with Gasteiger partial charge in [0.25, 0.3) is 0 Å². The van der Waals surface area contributed by atoms with Gasteiger partial charge < -0.3 is 14.9 Å². The molecule has 4 nitrogen and oxygen atoms in total. The van der Waals surface area contributed by atoms with E-state index in [0.29, 0.717) is 24.0 Å². The van der Waals surface area contributed by atoms with Crippen molar-refractivity contribution in [1.82, 2.24) is 0 Å². The molecule has 84 valence electrons. The van der Waals surface area contributed by atoms with Crippen molar-refractivity contribution in [3.8, 4) is 5.75 Å². The fourth-order valence-electron chi connectivity index (χ4n) is 1.58. The number of rotatable bonds is 3. The molecule has 5 heteroatoms. The van der Waals surface area contributed by atoms with Crippen LogP contribution in [0.4, 0.5) is 0 Å². The van der Waals surface area contributed by atoms with Gasteiger partial charge in [-0.25, -0.2) is 0 Å². The molecule has 0 saturated heterocycles. The lowest BCUT2D eigenvalue weighted by Gasteiger charge is -2.13. The van der Waals surface area contributed by atoms with Gasteiger partial charge in [-0.2, -0.15) is 0 Å². The first-order valence-corrected chi connectivity index (χ1v) is 6.42. The molecule has 0 aliphatic rings. The predicted molar refractivity (Wildman–Crippen MR) is 58.5 cm³/mol. The second kappa shape index (κ2) is 4.35. The highest BCUT2D eigenvalue weighted by Crippen LogP contribution is 2.38. The number of hydrogen-bond donors (Lipinski definition) is 3. The third-order valence-electron chi connectivity index (χ3n) is 2.39. The van der Waals surface area contributed by atoms with Crippen molar-refractivity contribution in [2.45, 2.75) is 26.7 Å². The minimum Gasteiger partial charge on any atom is -0.507 e. The maximum absolute atomic E-state index is 11.1. The van der Waals surface area contributed by atoms with Crippen LogP contribution in [0.1, 0.15) is 25.0 Å². The maximum atomic E-state index is 11.1. The monoisotopic (exact) mass is 230 g/mol. The van der Waals surface area contributed by atoms with Gasteiger partial charge in [0.05, 0.1) is 5.30 Å². The van der Waals surface area contributed by atoms with E-state index in [-0.39, 0.29) is 11.1 Å². The molecule has 1 rings (SSSR count). The van der Waals surface area contributed by atoms with E-state index >= 15 is 0 Å². The Labute approximate surface area is 88.7 Å². The van der Waals surface area contributed by atoms with E-state index in [0.717, 1.165) is 0 Å². The summed E-state index contributed by atoms with van der Waals surface area (Å²) in [7, 11) is -4.29. The highest BCUT2D eigenvalue weighted by atomic mass is 31.2. The van der Waals surface area contributed by atoms with Gasteiger partial charge >= 0.3 is 7.60 Å². The molecule has 0 fully saturated rings. The minimum absolute atomic E-state index is 0.0147. The van der Waals surface area contributed by atoms with Crippen LogP contribution in [0.25, 0.3) is 0 Å². The molecule has 0 aliphatic carbocycles. The van der Waals surface area contributed by atoms with Crippen molar-refractivity contribution in [2.75, 3.05) is 0 Å². The second-order valence-electron chi connectivity index (χ2n) is 3.32. The van der Waals surface area contributed by atoms with Gasteiger partial charge in [0.15, 0.2) is 0 Å². The van der Waals surface area contributed by atoms with Gasteiger partial charge in [-0.3, -0.25) is 4.57 Å². The lowest BCUT2D eigenvalue weighted by Crippen LogP contribution is -2.11. The molecular weight excluding hydrogens is 215 g/mol. The molecule has 0 atom stereocenters. The molecule has 0 aliphatic heterocycles. The second-order valence-corrected chi connectivity index (χ2v) is 4.89. The Morgan fingerprint density at radius 3 is 2.20 bits per heavy atom. The number of phenolic OH excluding ortho intramolecular Hbond substituents is 1. The molecule has 15 heavy (non-hydrogen) atoms. The lowest BCUT2D eigenvalue weighted by molar-refractivity contribution is 0.386. The van der Waals surface area contributed by atoms with Crippen LogP contribution in [0, 0.1) is 0 Å². The summed E-state index contributed by atoms with van der Waals surface area (Å²) in [6.45, 7) is 3.64. The Bertz CT molecular complexity index is 408. The average Bonchev–Trinajstić information content (AvgIpc) is 2.15. The minimum atomic E-state index is -4.29. The summed E-state index contributed by atoms with van der Waals surface area (Å²) in [5.41, 5.74) is 1.06. The van der Waals surface area contributed by atoms with Crippen LogP contribution in [0.5, 0.6) is 5.75 Å². The Morgan fingerprint density at radius 1 is 1.20 bits per heavy atom. The zero-order valence-corrected chi connectivity index (χ0v) is 9.66. The standard InChI is InChI=1S/C10H15O4P/c1-3-7-5-6-9(15(12,13)14)8(4-2)10(7)11/h5-6,11H,3-4H2,1-2H3,(H2,12,13,14). The molecule has 3 N–H and O–H groups in total. The van der Waals surface area contributed by atoms with Gasteiger partial charge in [-0.1, -0.05) is 19.9 Å².